The molecule has 2 aliphatic carbocycles. The highest BCUT2D eigenvalue weighted by Gasteiger charge is 2.55. The van der Waals surface area contributed by atoms with Crippen molar-refractivity contribution in [3.63, 3.8) is 0 Å². The van der Waals surface area contributed by atoms with E-state index in [1.165, 1.54) is 17.0 Å². The van der Waals surface area contributed by atoms with Gasteiger partial charge in [0.25, 0.3) is 0 Å². The van der Waals surface area contributed by atoms with Crippen LogP contribution in [0.1, 0.15) is 50.5 Å². The van der Waals surface area contributed by atoms with Gasteiger partial charge in [0.15, 0.2) is 0 Å². The molecule has 0 radical (unpaired) electrons. The van der Waals surface area contributed by atoms with Crippen molar-refractivity contribution in [1.82, 2.24) is 14.7 Å². The molecule has 1 aromatic carbocycles. The highest BCUT2D eigenvalue weighted by Crippen LogP contribution is 2.49. The molecule has 1 heterocycles. The number of esters is 2. The summed E-state index contributed by atoms with van der Waals surface area (Å²) in [4.78, 5) is 41.5. The van der Waals surface area contributed by atoms with E-state index in [0.717, 1.165) is 24.8 Å². The zero-order chi connectivity index (χ0) is 26.3. The second-order valence-electron chi connectivity index (χ2n) is 10.5. The number of carbonyl (C=O) groups is 3. The first kappa shape index (κ1) is 26.4. The third-order valence-corrected chi connectivity index (χ3v) is 8.21. The quantitative estimate of drug-likeness (QED) is 0.326. The van der Waals surface area contributed by atoms with Crippen molar-refractivity contribution in [2.75, 3.05) is 33.7 Å². The maximum Gasteiger partial charge on any atom is 0.491 e. The van der Waals surface area contributed by atoms with Gasteiger partial charge in [-0.2, -0.15) is 13.2 Å². The molecule has 2 saturated carbocycles. The molecule has 7 nitrogen and oxygen atoms in total. The van der Waals surface area contributed by atoms with Gasteiger partial charge in [0.05, 0.1) is 5.54 Å². The first-order chi connectivity index (χ1) is 16.9. The second kappa shape index (κ2) is 9.64. The van der Waals surface area contributed by atoms with Crippen LogP contribution in [0, 0.1) is 11.7 Å². The Morgan fingerprint density at radius 2 is 1.81 bits per heavy atom. The second-order valence-corrected chi connectivity index (χ2v) is 10.5. The minimum Gasteiger partial charge on any atom is -0.385 e. The van der Waals surface area contributed by atoms with Crippen LogP contribution in [0.25, 0.3) is 0 Å². The highest BCUT2D eigenvalue weighted by molar-refractivity contribution is 5.91. The summed E-state index contributed by atoms with van der Waals surface area (Å²) in [5.74, 6) is -3.99. The first-order valence-corrected chi connectivity index (χ1v) is 12.2. The molecule has 1 aliphatic heterocycles. The number of amides is 2. The van der Waals surface area contributed by atoms with E-state index in [1.807, 2.05) is 20.2 Å². The van der Waals surface area contributed by atoms with Gasteiger partial charge >= 0.3 is 24.1 Å². The Morgan fingerprint density at radius 1 is 1.14 bits per heavy atom. The van der Waals surface area contributed by atoms with Crippen molar-refractivity contribution in [1.29, 1.82) is 0 Å². The molecule has 3 aliphatic rings. The molecule has 0 N–H and O–H groups in total. The number of urea groups is 1. The van der Waals surface area contributed by atoms with Crippen molar-refractivity contribution >= 4 is 18.0 Å². The van der Waals surface area contributed by atoms with Crippen molar-refractivity contribution < 1.29 is 36.7 Å². The SMILES string of the molecule is CN(C)C1(c2cccc(F)c2)CCC2(CC1)CN(CC(=O)OC(=O)C(F)(F)F)C(=O)N2CC1CCC1. The summed E-state index contributed by atoms with van der Waals surface area (Å²) >= 11 is 0. The highest BCUT2D eigenvalue weighted by atomic mass is 19.4. The van der Waals surface area contributed by atoms with Gasteiger partial charge in [-0.05, 0) is 76.2 Å². The number of benzene rings is 1. The summed E-state index contributed by atoms with van der Waals surface area (Å²) in [5, 5.41) is 0. The largest absolute Gasteiger partial charge is 0.491 e. The van der Waals surface area contributed by atoms with E-state index in [1.54, 1.807) is 11.0 Å². The summed E-state index contributed by atoms with van der Waals surface area (Å²) in [6, 6.07) is 6.07. The van der Waals surface area contributed by atoms with Gasteiger partial charge < -0.3 is 14.5 Å². The fourth-order valence-corrected chi connectivity index (χ4v) is 5.89. The summed E-state index contributed by atoms with van der Waals surface area (Å²) in [5.41, 5.74) is -0.194. The third-order valence-electron chi connectivity index (χ3n) is 8.21. The molecule has 0 bridgehead atoms. The maximum absolute atomic E-state index is 14.1. The number of carbonyl (C=O) groups excluding carboxylic acids is 3. The smallest absolute Gasteiger partial charge is 0.385 e. The molecule has 198 valence electrons. The normalized spacial score (nSPS) is 27.0. The zero-order valence-electron chi connectivity index (χ0n) is 20.4. The molecule has 0 unspecified atom stereocenters. The number of nitrogens with zero attached hydrogens (tertiary/aromatic N) is 3. The zero-order valence-corrected chi connectivity index (χ0v) is 20.4. The fourth-order valence-electron chi connectivity index (χ4n) is 5.89. The summed E-state index contributed by atoms with van der Waals surface area (Å²) < 4.78 is 55.5. The fraction of sp³-hybridized carbons (Fsp3) is 0.640. The van der Waals surface area contributed by atoms with E-state index >= 15 is 0 Å². The lowest BCUT2D eigenvalue weighted by molar-refractivity contribution is -0.201. The van der Waals surface area contributed by atoms with E-state index in [9.17, 15) is 31.9 Å². The molecule has 0 atom stereocenters. The number of hydrogen-bond donors (Lipinski definition) is 0. The van der Waals surface area contributed by atoms with Gasteiger partial charge in [-0.25, -0.2) is 18.8 Å². The Morgan fingerprint density at radius 3 is 2.33 bits per heavy atom. The van der Waals surface area contributed by atoms with Crippen LogP contribution >= 0.6 is 0 Å². The van der Waals surface area contributed by atoms with Crippen LogP contribution in [-0.2, 0) is 19.9 Å². The van der Waals surface area contributed by atoms with Gasteiger partial charge in [0.2, 0.25) is 0 Å². The van der Waals surface area contributed by atoms with E-state index in [-0.39, 0.29) is 12.4 Å². The van der Waals surface area contributed by atoms with Gasteiger partial charge in [0, 0.05) is 18.6 Å². The predicted molar refractivity (Wildman–Crippen MR) is 121 cm³/mol. The molecule has 4 rings (SSSR count). The van der Waals surface area contributed by atoms with E-state index in [0.29, 0.717) is 38.1 Å². The van der Waals surface area contributed by atoms with Crippen LogP contribution in [-0.4, -0.2) is 78.1 Å². The molecule has 0 aromatic heterocycles. The number of alkyl halides is 3. The summed E-state index contributed by atoms with van der Waals surface area (Å²) in [6.45, 7) is -0.0619. The lowest BCUT2D eigenvalue weighted by Crippen LogP contribution is -2.56. The monoisotopic (exact) mass is 513 g/mol. The topological polar surface area (TPSA) is 70.2 Å². The average Bonchev–Trinajstić information content (AvgIpc) is 3.00. The van der Waals surface area contributed by atoms with Gasteiger partial charge in [-0.1, -0.05) is 18.6 Å². The van der Waals surface area contributed by atoms with Gasteiger partial charge in [-0.15, -0.1) is 0 Å². The average molecular weight is 514 g/mol. The van der Waals surface area contributed by atoms with Crippen molar-refractivity contribution in [3.8, 4) is 0 Å². The number of hydrogen-bond acceptors (Lipinski definition) is 5. The molecule has 1 spiro atoms. The molecule has 36 heavy (non-hydrogen) atoms. The van der Waals surface area contributed by atoms with Gasteiger partial charge in [0.1, 0.15) is 12.4 Å². The van der Waals surface area contributed by atoms with Crippen LogP contribution in [0.4, 0.5) is 22.4 Å². The van der Waals surface area contributed by atoms with Crippen molar-refractivity contribution in [3.05, 3.63) is 35.6 Å². The standard InChI is InChI=1S/C25H31F4N3O4/c1-30(2)24(18-7-4-8-19(26)13-18)11-9-23(10-12-24)16-31(15-20(33)36-21(34)25(27,28)29)22(35)32(23)14-17-5-3-6-17/h4,7-8,13,17H,3,5-6,9-12,14-16H2,1-2H3. The number of rotatable bonds is 6. The number of halogens is 4. The van der Waals surface area contributed by atoms with Gasteiger partial charge in [-0.3, -0.25) is 4.90 Å². The Hall–Kier alpha value is -2.69. The lowest BCUT2D eigenvalue weighted by Gasteiger charge is -2.51. The summed E-state index contributed by atoms with van der Waals surface area (Å²) in [6.07, 6.45) is 0.183. The Balaban J connectivity index is 1.54. The first-order valence-electron chi connectivity index (χ1n) is 12.2. The van der Waals surface area contributed by atoms with Crippen LogP contribution in [0.5, 0.6) is 0 Å². The van der Waals surface area contributed by atoms with Crippen LogP contribution in [0.2, 0.25) is 0 Å². The molecule has 11 heteroatoms. The van der Waals surface area contributed by atoms with Crippen molar-refractivity contribution in [2.45, 2.75) is 62.2 Å². The minimum atomic E-state index is -5.29. The Bertz CT molecular complexity index is 1020. The molecular weight excluding hydrogens is 482 g/mol. The van der Waals surface area contributed by atoms with Crippen molar-refractivity contribution in [2.24, 2.45) is 5.92 Å². The minimum absolute atomic E-state index is 0.153. The predicted octanol–water partition coefficient (Wildman–Crippen LogP) is 4.07. The number of ether oxygens (including phenoxy) is 1. The molecule has 3 fully saturated rings. The van der Waals surface area contributed by atoms with Crippen LogP contribution < -0.4 is 0 Å². The maximum atomic E-state index is 14.1. The molecule has 1 saturated heterocycles. The van der Waals surface area contributed by atoms with Crippen LogP contribution in [0.15, 0.2) is 24.3 Å². The molecular formula is C25H31F4N3O4. The lowest BCUT2D eigenvalue weighted by atomic mass is 9.68. The Kier molecular flexibility index (Phi) is 7.07. The molecule has 1 aromatic rings. The third kappa shape index (κ3) is 4.94. The van der Waals surface area contributed by atoms with E-state index < -0.39 is 41.8 Å². The summed E-state index contributed by atoms with van der Waals surface area (Å²) in [7, 11) is 3.88. The van der Waals surface area contributed by atoms with Crippen LogP contribution in [0.3, 0.4) is 0 Å². The van der Waals surface area contributed by atoms with E-state index in [2.05, 4.69) is 9.64 Å². The molecule has 2 amide bonds. The Labute approximate surface area is 207 Å². The van der Waals surface area contributed by atoms with E-state index in [4.69, 9.17) is 0 Å².